The average Bonchev–Trinajstić information content (AvgIpc) is 3.36. The molecule has 0 aliphatic carbocycles. The molecule has 3 aliphatic heterocycles. The van der Waals surface area contributed by atoms with Gasteiger partial charge in [0, 0.05) is 30.6 Å². The van der Waals surface area contributed by atoms with Crippen LogP contribution in [0.5, 0.6) is 11.5 Å². The SMILES string of the molecule is COc1cc(/C=C2\SC(=Nc3cc4c5c(c3)[C@H](c3ccccc3)CCN5CC[C@H]4c3ccccc3)NC2=O)ccc1O. The van der Waals surface area contributed by atoms with Crippen molar-refractivity contribution in [3.8, 4) is 11.5 Å². The number of benzene rings is 4. The van der Waals surface area contributed by atoms with Crippen LogP contribution in [-0.4, -0.2) is 36.4 Å². The monoisotopic (exact) mass is 573 g/mol. The molecule has 0 radical (unpaired) electrons. The van der Waals surface area contributed by atoms with Crippen LogP contribution in [0.2, 0.25) is 0 Å². The summed E-state index contributed by atoms with van der Waals surface area (Å²) in [5, 5.41) is 13.4. The summed E-state index contributed by atoms with van der Waals surface area (Å²) >= 11 is 1.32. The topological polar surface area (TPSA) is 74.2 Å². The Morgan fingerprint density at radius 1 is 0.905 bits per heavy atom. The molecule has 3 heterocycles. The number of nitrogens with zero attached hydrogens (tertiary/aromatic N) is 2. The van der Waals surface area contributed by atoms with Gasteiger partial charge in [-0.3, -0.25) is 4.79 Å². The van der Waals surface area contributed by atoms with Crippen molar-refractivity contribution in [3.63, 3.8) is 0 Å². The Kier molecular flexibility index (Phi) is 6.96. The first kappa shape index (κ1) is 26.4. The number of anilines is 1. The number of ether oxygens (including phenoxy) is 1. The van der Waals surface area contributed by atoms with E-state index in [0.717, 1.165) is 37.2 Å². The van der Waals surface area contributed by atoms with E-state index < -0.39 is 0 Å². The molecule has 7 heteroatoms. The molecule has 42 heavy (non-hydrogen) atoms. The van der Waals surface area contributed by atoms with Crippen molar-refractivity contribution < 1.29 is 14.6 Å². The molecule has 4 aromatic rings. The number of hydrogen-bond acceptors (Lipinski definition) is 6. The molecule has 210 valence electrons. The predicted molar refractivity (Wildman–Crippen MR) is 170 cm³/mol. The number of amides is 1. The molecule has 0 aromatic heterocycles. The quantitative estimate of drug-likeness (QED) is 0.248. The van der Waals surface area contributed by atoms with Gasteiger partial charge in [-0.1, -0.05) is 66.7 Å². The van der Waals surface area contributed by atoms with E-state index >= 15 is 0 Å². The van der Waals surface area contributed by atoms with Crippen molar-refractivity contribution in [2.45, 2.75) is 24.7 Å². The number of nitrogens with one attached hydrogen (secondary N) is 1. The number of thioether (sulfide) groups is 1. The van der Waals surface area contributed by atoms with Crippen LogP contribution in [0.3, 0.4) is 0 Å². The average molecular weight is 574 g/mol. The molecule has 1 fully saturated rings. The Hall–Kier alpha value is -4.49. The second kappa shape index (κ2) is 11.1. The Bertz CT molecular complexity index is 1650. The third-order valence-electron chi connectivity index (χ3n) is 8.38. The molecule has 6 nitrogen and oxygen atoms in total. The molecule has 0 spiro atoms. The summed E-state index contributed by atoms with van der Waals surface area (Å²) in [5.41, 5.74) is 8.23. The smallest absolute Gasteiger partial charge is 0.264 e. The van der Waals surface area contributed by atoms with Crippen LogP contribution in [-0.2, 0) is 4.79 Å². The zero-order valence-electron chi connectivity index (χ0n) is 23.3. The van der Waals surface area contributed by atoms with Gasteiger partial charge in [0.05, 0.1) is 17.7 Å². The highest BCUT2D eigenvalue weighted by molar-refractivity contribution is 8.18. The summed E-state index contributed by atoms with van der Waals surface area (Å²) in [6.45, 7) is 2.08. The summed E-state index contributed by atoms with van der Waals surface area (Å²) in [5.74, 6) is 0.802. The van der Waals surface area contributed by atoms with Crippen molar-refractivity contribution in [2.75, 3.05) is 25.1 Å². The van der Waals surface area contributed by atoms with Gasteiger partial charge in [0.15, 0.2) is 16.7 Å². The van der Waals surface area contributed by atoms with E-state index in [4.69, 9.17) is 9.73 Å². The van der Waals surface area contributed by atoms with Crippen molar-refractivity contribution in [1.29, 1.82) is 0 Å². The number of carbonyl (C=O) groups is 1. The third-order valence-corrected chi connectivity index (χ3v) is 9.29. The maximum atomic E-state index is 12.9. The van der Waals surface area contributed by atoms with Gasteiger partial charge in [-0.05, 0) is 82.8 Å². The maximum absolute atomic E-state index is 12.9. The van der Waals surface area contributed by atoms with Crippen LogP contribution in [0.1, 0.15) is 52.5 Å². The molecule has 0 saturated carbocycles. The van der Waals surface area contributed by atoms with Crippen molar-refractivity contribution >= 4 is 40.3 Å². The van der Waals surface area contributed by atoms with Gasteiger partial charge in [0.2, 0.25) is 0 Å². The zero-order chi connectivity index (χ0) is 28.6. The van der Waals surface area contributed by atoms with Crippen LogP contribution < -0.4 is 15.0 Å². The molecule has 2 atom stereocenters. The van der Waals surface area contributed by atoms with Crippen molar-refractivity contribution in [2.24, 2.45) is 4.99 Å². The van der Waals surface area contributed by atoms with Gasteiger partial charge in [0.25, 0.3) is 5.91 Å². The molecule has 3 aliphatic rings. The van der Waals surface area contributed by atoms with Crippen LogP contribution in [0, 0.1) is 0 Å². The minimum absolute atomic E-state index is 0.0583. The molecule has 0 bridgehead atoms. The lowest BCUT2D eigenvalue weighted by atomic mass is 9.76. The van der Waals surface area contributed by atoms with E-state index in [0.29, 0.717) is 15.8 Å². The highest BCUT2D eigenvalue weighted by atomic mass is 32.2. The Balaban J connectivity index is 1.30. The van der Waals surface area contributed by atoms with Gasteiger partial charge < -0.3 is 20.1 Å². The standard InChI is InChI=1S/C35H31N3O3S/c1-41-31-18-22(12-13-30(31)39)19-32-34(40)37-35(42-32)36-25-20-28-26(23-8-4-2-5-9-23)14-16-38-17-15-27(29(21-25)33(28)38)24-10-6-3-7-11-24/h2-13,18-21,26-27,39H,14-17H2,1H3,(H,36,37,40)/b32-19-/t26-,27-/m0/s1. The second-order valence-electron chi connectivity index (χ2n) is 10.9. The number of methoxy groups -OCH3 is 1. The summed E-state index contributed by atoms with van der Waals surface area (Å²) in [4.78, 5) is 21.0. The first-order valence-electron chi connectivity index (χ1n) is 14.3. The lowest BCUT2D eigenvalue weighted by Gasteiger charge is -2.43. The van der Waals surface area contributed by atoms with E-state index in [1.165, 1.54) is 46.8 Å². The molecular formula is C35H31N3O3S. The number of rotatable bonds is 5. The molecule has 1 amide bonds. The minimum Gasteiger partial charge on any atom is -0.504 e. The molecular weight excluding hydrogens is 542 g/mol. The van der Waals surface area contributed by atoms with E-state index in [1.54, 1.807) is 24.3 Å². The highest BCUT2D eigenvalue weighted by Gasteiger charge is 2.35. The lowest BCUT2D eigenvalue weighted by molar-refractivity contribution is -0.115. The predicted octanol–water partition coefficient (Wildman–Crippen LogP) is 7.17. The molecule has 4 aromatic carbocycles. The molecule has 0 unspecified atom stereocenters. The zero-order valence-corrected chi connectivity index (χ0v) is 24.1. The summed E-state index contributed by atoms with van der Waals surface area (Å²) < 4.78 is 5.22. The maximum Gasteiger partial charge on any atom is 0.264 e. The van der Waals surface area contributed by atoms with Crippen molar-refractivity contribution in [1.82, 2.24) is 5.32 Å². The van der Waals surface area contributed by atoms with Crippen LogP contribution in [0.4, 0.5) is 11.4 Å². The number of hydrogen-bond donors (Lipinski definition) is 2. The molecule has 7 rings (SSSR count). The fourth-order valence-electron chi connectivity index (χ4n) is 6.44. The van der Waals surface area contributed by atoms with Gasteiger partial charge in [-0.2, -0.15) is 0 Å². The normalized spacial score (nSPS) is 21.4. The van der Waals surface area contributed by atoms with E-state index in [2.05, 4.69) is 83.0 Å². The number of phenolic OH excluding ortho intramolecular Hbond substituents is 1. The number of amidine groups is 1. The number of phenols is 1. The van der Waals surface area contributed by atoms with E-state index in [1.807, 2.05) is 0 Å². The summed E-state index contributed by atoms with van der Waals surface area (Å²) in [6, 6.07) is 31.0. The number of aromatic hydroxyl groups is 1. The first-order chi connectivity index (χ1) is 20.6. The Morgan fingerprint density at radius 3 is 2.12 bits per heavy atom. The number of carbonyl (C=O) groups excluding carboxylic acids is 1. The fraction of sp³-hybridized carbons (Fsp3) is 0.200. The second-order valence-corrected chi connectivity index (χ2v) is 11.9. The highest BCUT2D eigenvalue weighted by Crippen LogP contribution is 2.50. The van der Waals surface area contributed by atoms with Crippen LogP contribution in [0.15, 0.2) is 101 Å². The Labute approximate surface area is 249 Å². The third kappa shape index (κ3) is 4.94. The minimum atomic E-state index is -0.194. The van der Waals surface area contributed by atoms with Gasteiger partial charge >= 0.3 is 0 Å². The summed E-state index contributed by atoms with van der Waals surface area (Å²) in [7, 11) is 1.50. The summed E-state index contributed by atoms with van der Waals surface area (Å²) in [6.07, 6.45) is 3.90. The Morgan fingerprint density at radius 2 is 1.52 bits per heavy atom. The van der Waals surface area contributed by atoms with E-state index in [-0.39, 0.29) is 23.5 Å². The molecule has 2 N–H and O–H groups in total. The van der Waals surface area contributed by atoms with Crippen LogP contribution in [0.25, 0.3) is 6.08 Å². The van der Waals surface area contributed by atoms with Gasteiger partial charge in [-0.15, -0.1) is 0 Å². The van der Waals surface area contributed by atoms with Crippen LogP contribution >= 0.6 is 11.8 Å². The van der Waals surface area contributed by atoms with E-state index in [9.17, 15) is 9.90 Å². The number of aliphatic imine (C=N–C) groups is 1. The lowest BCUT2D eigenvalue weighted by Crippen LogP contribution is -2.37. The van der Waals surface area contributed by atoms with Gasteiger partial charge in [-0.25, -0.2) is 4.99 Å². The fourth-order valence-corrected chi connectivity index (χ4v) is 7.28. The van der Waals surface area contributed by atoms with Gasteiger partial charge in [0.1, 0.15) is 0 Å². The first-order valence-corrected chi connectivity index (χ1v) is 15.1. The van der Waals surface area contributed by atoms with Crippen molar-refractivity contribution in [3.05, 3.63) is 124 Å². The largest absolute Gasteiger partial charge is 0.504 e. The molecule has 1 saturated heterocycles.